The Morgan fingerprint density at radius 3 is 2.82 bits per heavy atom. The molecule has 0 aromatic rings. The monoisotopic (exact) mass is 408 g/mol. The fourth-order valence-electron chi connectivity index (χ4n) is 1.11. The Hall–Kier alpha value is 0.390. The minimum Gasteiger partial charge on any atom is -0.374 e. The summed E-state index contributed by atoms with van der Waals surface area (Å²) in [6.07, 6.45) is 0.955. The van der Waals surface area contributed by atoms with Gasteiger partial charge < -0.3 is 5.32 Å². The molecule has 0 saturated carbocycles. The van der Waals surface area contributed by atoms with Gasteiger partial charge >= 0.3 is 5.70 Å². The van der Waals surface area contributed by atoms with Crippen molar-refractivity contribution in [3.63, 3.8) is 0 Å². The fraction of sp³-hybridized carbons (Fsp3) is 0.625. The second-order valence-corrected chi connectivity index (χ2v) is 5.54. The van der Waals surface area contributed by atoms with Gasteiger partial charge in [0.15, 0.2) is 5.03 Å². The van der Waals surface area contributed by atoms with E-state index in [1.165, 1.54) is 11.8 Å². The molecule has 1 N–H and O–H groups in total. The summed E-state index contributed by atoms with van der Waals surface area (Å²) in [5, 5.41) is 13.7. The summed E-state index contributed by atoms with van der Waals surface area (Å²) in [6.45, 7) is 0.685. The Balaban J connectivity index is 0.00000256. The van der Waals surface area contributed by atoms with Crippen LogP contribution in [0.15, 0.2) is 10.7 Å². The molecule has 98 valence electrons. The Morgan fingerprint density at radius 1 is 1.65 bits per heavy atom. The lowest BCUT2D eigenvalue weighted by Crippen LogP contribution is -2.24. The zero-order chi connectivity index (χ0) is 12.0. The molecular weight excluding hydrogens is 395 g/mol. The van der Waals surface area contributed by atoms with Crippen LogP contribution in [0.5, 0.6) is 0 Å². The van der Waals surface area contributed by atoms with E-state index in [1.807, 2.05) is 0 Å². The number of nitro groups is 1. The number of nitrogens with zero attached hydrogens (tertiary/aromatic N) is 1. The van der Waals surface area contributed by atoms with E-state index in [0.717, 1.165) is 23.9 Å². The molecule has 17 heavy (non-hydrogen) atoms. The van der Waals surface area contributed by atoms with Crippen LogP contribution in [0.3, 0.4) is 0 Å². The maximum atomic E-state index is 11.6. The van der Waals surface area contributed by atoms with Gasteiger partial charge in [-0.2, -0.15) is 12.6 Å². The van der Waals surface area contributed by atoms with E-state index in [1.54, 1.807) is 0 Å². The molecule has 5 nitrogen and oxygen atoms in total. The van der Waals surface area contributed by atoms with Crippen LogP contribution in [0.25, 0.3) is 0 Å². The number of hydrogen-bond donors (Lipinski definition) is 2. The summed E-state index contributed by atoms with van der Waals surface area (Å²) in [5.41, 5.74) is -0.323. The van der Waals surface area contributed by atoms with E-state index in [0.29, 0.717) is 23.1 Å². The zero-order valence-corrected chi connectivity index (χ0v) is 13.7. The van der Waals surface area contributed by atoms with Crippen molar-refractivity contribution in [1.29, 1.82) is 0 Å². The van der Waals surface area contributed by atoms with Crippen LogP contribution in [0.4, 0.5) is 0 Å². The molecule has 0 amide bonds. The van der Waals surface area contributed by atoms with Crippen LogP contribution < -0.4 is 5.32 Å². The number of carbonyl (C=O) groups is 1. The number of halogens is 1. The van der Waals surface area contributed by atoms with Crippen LogP contribution in [0.1, 0.15) is 6.42 Å². The lowest BCUT2D eigenvalue weighted by Gasteiger charge is -2.15. The second kappa shape index (κ2) is 9.34. The predicted molar refractivity (Wildman–Crippen MR) is 85.8 cm³/mol. The van der Waals surface area contributed by atoms with Gasteiger partial charge in [0.05, 0.1) is 4.92 Å². The van der Waals surface area contributed by atoms with Crippen LogP contribution in [-0.4, -0.2) is 33.8 Å². The average molecular weight is 408 g/mol. The maximum absolute atomic E-state index is 11.6. The van der Waals surface area contributed by atoms with E-state index in [-0.39, 0.29) is 29.7 Å². The van der Waals surface area contributed by atoms with E-state index in [2.05, 4.69) is 17.9 Å². The zero-order valence-electron chi connectivity index (χ0n) is 8.88. The first kappa shape index (κ1) is 17.4. The highest BCUT2D eigenvalue weighted by Crippen LogP contribution is 2.25. The van der Waals surface area contributed by atoms with E-state index in [4.69, 9.17) is 0 Å². The summed E-state index contributed by atoms with van der Waals surface area (Å²) in [7, 11) is 0. The third-order valence-electron chi connectivity index (χ3n) is 1.77. The van der Waals surface area contributed by atoms with E-state index >= 15 is 0 Å². The maximum Gasteiger partial charge on any atom is 0.352 e. The number of thioether (sulfide) groups is 2. The molecule has 1 aliphatic rings. The number of thiol groups is 1. The molecule has 0 aliphatic carbocycles. The number of hydrogen-bond acceptors (Lipinski definition) is 7. The molecule has 0 radical (unpaired) electrons. The highest BCUT2D eigenvalue weighted by Gasteiger charge is 2.29. The van der Waals surface area contributed by atoms with Crippen LogP contribution >= 0.6 is 60.1 Å². The molecule has 1 saturated heterocycles. The predicted octanol–water partition coefficient (Wildman–Crippen LogP) is 1.97. The van der Waals surface area contributed by atoms with Crippen molar-refractivity contribution in [2.24, 2.45) is 0 Å². The first-order chi connectivity index (χ1) is 7.66. The van der Waals surface area contributed by atoms with Gasteiger partial charge in [-0.3, -0.25) is 14.9 Å². The minimum absolute atomic E-state index is 0. The standard InChI is InChI=1S/C8H12N2O3S3.HI/c11-8(16-5-3-14)6(10(12)13)7-9-2-1-4-15-7;/h9,14H,1-5H2;1H. The molecule has 1 rings (SSSR count). The van der Waals surface area contributed by atoms with Gasteiger partial charge in [-0.1, -0.05) is 11.8 Å². The van der Waals surface area contributed by atoms with Gasteiger partial charge in [-0.25, -0.2) is 0 Å². The first-order valence-electron chi connectivity index (χ1n) is 4.70. The summed E-state index contributed by atoms with van der Waals surface area (Å²) in [5.74, 6) is 1.82. The normalized spacial score (nSPS) is 17.7. The Morgan fingerprint density at radius 2 is 2.35 bits per heavy atom. The van der Waals surface area contributed by atoms with Crippen LogP contribution in [0.2, 0.25) is 0 Å². The van der Waals surface area contributed by atoms with Gasteiger partial charge in [0.25, 0.3) is 5.12 Å². The smallest absolute Gasteiger partial charge is 0.352 e. The summed E-state index contributed by atoms with van der Waals surface area (Å²) < 4.78 is 0. The molecule has 0 atom stereocenters. The largest absolute Gasteiger partial charge is 0.374 e. The number of carbonyl (C=O) groups excluding carboxylic acids is 1. The average Bonchev–Trinajstić information content (AvgIpc) is 2.27. The Labute approximate surface area is 131 Å². The van der Waals surface area contributed by atoms with E-state index in [9.17, 15) is 14.9 Å². The van der Waals surface area contributed by atoms with Crippen molar-refractivity contribution in [3.05, 3.63) is 20.8 Å². The highest BCUT2D eigenvalue weighted by molar-refractivity contribution is 14.0. The van der Waals surface area contributed by atoms with E-state index < -0.39 is 10.0 Å². The minimum atomic E-state index is -0.603. The molecule has 1 fully saturated rings. The fourth-order valence-corrected chi connectivity index (χ4v) is 3.04. The first-order valence-corrected chi connectivity index (χ1v) is 7.30. The van der Waals surface area contributed by atoms with Crippen molar-refractivity contribution < 1.29 is 9.72 Å². The topological polar surface area (TPSA) is 72.2 Å². The third-order valence-corrected chi connectivity index (χ3v) is 4.28. The Bertz CT molecular complexity index is 317. The van der Waals surface area contributed by atoms with Crippen molar-refractivity contribution in [3.8, 4) is 0 Å². The second-order valence-electron chi connectivity index (χ2n) is 2.92. The quantitative estimate of drug-likeness (QED) is 0.244. The number of nitrogens with one attached hydrogen (secondary N) is 1. The van der Waals surface area contributed by atoms with Crippen molar-refractivity contribution >= 4 is 65.2 Å². The van der Waals surface area contributed by atoms with Gasteiger partial charge in [-0.15, -0.1) is 35.7 Å². The molecule has 9 heteroatoms. The molecule has 0 aromatic heterocycles. The van der Waals surface area contributed by atoms with Crippen LogP contribution in [-0.2, 0) is 4.79 Å². The van der Waals surface area contributed by atoms with Crippen molar-refractivity contribution in [2.45, 2.75) is 6.42 Å². The van der Waals surface area contributed by atoms with Crippen LogP contribution in [0, 0.1) is 10.1 Å². The van der Waals surface area contributed by atoms with Gasteiger partial charge in [0, 0.05) is 18.1 Å². The molecular formula is C8H13IN2O3S3. The van der Waals surface area contributed by atoms with Crippen molar-refractivity contribution in [2.75, 3.05) is 23.8 Å². The molecule has 0 spiro atoms. The number of rotatable bonds is 4. The summed E-state index contributed by atoms with van der Waals surface area (Å²) in [4.78, 5) is 21.9. The summed E-state index contributed by atoms with van der Waals surface area (Å²) >= 11 is 6.24. The van der Waals surface area contributed by atoms with Gasteiger partial charge in [0.1, 0.15) is 0 Å². The van der Waals surface area contributed by atoms with Gasteiger partial charge in [-0.05, 0) is 12.2 Å². The SMILES string of the molecule is I.O=C(SCCS)C(=C1NCCCS1)[N+](=O)[O-]. The molecule has 1 aliphatic heterocycles. The van der Waals surface area contributed by atoms with Crippen molar-refractivity contribution in [1.82, 2.24) is 5.32 Å². The highest BCUT2D eigenvalue weighted by atomic mass is 127. The molecule has 0 unspecified atom stereocenters. The van der Waals surface area contributed by atoms with Gasteiger partial charge in [0.2, 0.25) is 0 Å². The Kier molecular flexibility index (Phi) is 9.55. The summed E-state index contributed by atoms with van der Waals surface area (Å²) in [6, 6.07) is 0. The lowest BCUT2D eigenvalue weighted by molar-refractivity contribution is -0.418. The third kappa shape index (κ3) is 5.71. The molecule has 0 aromatic carbocycles. The molecule has 1 heterocycles. The molecule has 0 bridgehead atoms. The lowest BCUT2D eigenvalue weighted by atomic mass is 10.4.